The molecule has 0 saturated carbocycles. The van der Waals surface area contributed by atoms with Gasteiger partial charge in [0.2, 0.25) is 10.0 Å². The average Bonchev–Trinajstić information content (AvgIpc) is 2.90. The summed E-state index contributed by atoms with van der Waals surface area (Å²) in [5, 5.41) is 6.35. The first-order chi connectivity index (χ1) is 10.8. The highest BCUT2D eigenvalue weighted by Crippen LogP contribution is 2.33. The summed E-state index contributed by atoms with van der Waals surface area (Å²) in [7, 11) is -1.47. The van der Waals surface area contributed by atoms with Gasteiger partial charge in [-0.2, -0.15) is 0 Å². The van der Waals surface area contributed by atoms with Crippen molar-refractivity contribution in [2.24, 2.45) is 5.14 Å². The number of benzene rings is 1. The van der Waals surface area contributed by atoms with Crippen molar-refractivity contribution in [2.75, 3.05) is 20.1 Å². The number of likely N-dealkylation sites (tertiary alicyclic amines) is 1. The number of sulfonamides is 1. The predicted molar refractivity (Wildman–Crippen MR) is 94.5 cm³/mol. The van der Waals surface area contributed by atoms with Gasteiger partial charge < -0.3 is 9.88 Å². The molecule has 124 valence electrons. The fourth-order valence-electron chi connectivity index (χ4n) is 3.22. The van der Waals surface area contributed by atoms with Crippen LogP contribution in [-0.4, -0.2) is 38.4 Å². The lowest BCUT2D eigenvalue weighted by Gasteiger charge is -2.28. The molecule has 1 saturated heterocycles. The molecular weight excluding hydrogens is 310 g/mol. The molecule has 0 amide bonds. The summed E-state index contributed by atoms with van der Waals surface area (Å²) in [6.07, 6.45) is 6.03. The number of H-pyrrole nitrogens is 1. The molecule has 1 aliphatic heterocycles. The van der Waals surface area contributed by atoms with Gasteiger partial charge in [0.15, 0.2) is 0 Å². The monoisotopic (exact) mass is 333 g/mol. The number of aromatic nitrogens is 1. The summed E-state index contributed by atoms with van der Waals surface area (Å²) < 4.78 is 22.8. The maximum Gasteiger partial charge on any atom is 0.233 e. The van der Waals surface area contributed by atoms with Gasteiger partial charge in [-0.25, -0.2) is 13.6 Å². The van der Waals surface area contributed by atoms with Crippen molar-refractivity contribution < 1.29 is 8.42 Å². The third-order valence-corrected chi connectivity index (χ3v) is 5.73. The van der Waals surface area contributed by atoms with E-state index in [1.165, 1.54) is 17.9 Å². The molecule has 5 nitrogen and oxygen atoms in total. The molecule has 1 aromatic heterocycles. The van der Waals surface area contributed by atoms with Crippen molar-refractivity contribution in [1.82, 2.24) is 9.88 Å². The first kappa shape index (κ1) is 16.2. The third kappa shape index (κ3) is 3.49. The molecule has 0 unspecified atom stereocenters. The Balaban J connectivity index is 1.97. The van der Waals surface area contributed by atoms with E-state index in [2.05, 4.69) is 23.1 Å². The Morgan fingerprint density at radius 2 is 2.04 bits per heavy atom. The van der Waals surface area contributed by atoms with Crippen molar-refractivity contribution in [1.29, 1.82) is 0 Å². The normalized spacial score (nSPS) is 18.7. The molecule has 1 fully saturated rings. The Bertz CT molecular complexity index is 844. The van der Waals surface area contributed by atoms with E-state index in [4.69, 9.17) is 5.14 Å². The zero-order valence-corrected chi connectivity index (χ0v) is 14.4. The summed E-state index contributed by atoms with van der Waals surface area (Å²) in [6, 6.07) is 5.95. The van der Waals surface area contributed by atoms with E-state index in [-0.39, 0.29) is 4.91 Å². The molecule has 0 spiro atoms. The molecule has 6 heteroatoms. The van der Waals surface area contributed by atoms with Crippen molar-refractivity contribution in [2.45, 2.75) is 25.7 Å². The zero-order chi connectivity index (χ0) is 16.6. The number of allylic oxidation sites excluding steroid dienone is 1. The molecule has 23 heavy (non-hydrogen) atoms. The van der Waals surface area contributed by atoms with Crippen LogP contribution >= 0.6 is 0 Å². The second-order valence-corrected chi connectivity index (χ2v) is 8.16. The third-order valence-electron chi connectivity index (χ3n) is 4.71. The standard InChI is InChI=1S/C17H23N3O2S/c1-12(23(18,21)22)9-13-3-4-17-15(10-13)16(11-19-17)14-5-7-20(2)8-6-14/h3-4,9-11,14,19H,5-8H2,1-2H3,(H2,18,21,22). The van der Waals surface area contributed by atoms with Gasteiger partial charge in [-0.1, -0.05) is 6.07 Å². The molecule has 0 radical (unpaired) electrons. The number of fused-ring (bicyclic) bond motifs is 1. The van der Waals surface area contributed by atoms with Gasteiger partial charge in [0, 0.05) is 17.1 Å². The number of primary sulfonamides is 1. The van der Waals surface area contributed by atoms with E-state index in [0.29, 0.717) is 5.92 Å². The molecule has 0 bridgehead atoms. The van der Waals surface area contributed by atoms with Crippen molar-refractivity contribution in [3.63, 3.8) is 0 Å². The molecule has 0 aliphatic carbocycles. The SMILES string of the molecule is CC(=Cc1ccc2[nH]cc(C3CCN(C)CC3)c2c1)S(N)(=O)=O. The first-order valence-corrected chi connectivity index (χ1v) is 9.40. The number of aromatic amines is 1. The number of nitrogens with one attached hydrogen (secondary N) is 1. The Hall–Kier alpha value is -1.63. The average molecular weight is 333 g/mol. The van der Waals surface area contributed by atoms with Crippen molar-refractivity contribution in [3.05, 3.63) is 40.4 Å². The number of hydrogen-bond donors (Lipinski definition) is 2. The second-order valence-electron chi connectivity index (χ2n) is 6.43. The van der Waals surface area contributed by atoms with Gasteiger partial charge >= 0.3 is 0 Å². The van der Waals surface area contributed by atoms with Gasteiger partial charge in [0.1, 0.15) is 0 Å². The van der Waals surface area contributed by atoms with Crippen LogP contribution in [0.15, 0.2) is 29.3 Å². The van der Waals surface area contributed by atoms with Crippen LogP contribution in [0.4, 0.5) is 0 Å². The quantitative estimate of drug-likeness (QED) is 0.906. The summed E-state index contributed by atoms with van der Waals surface area (Å²) in [4.78, 5) is 5.86. The zero-order valence-electron chi connectivity index (χ0n) is 13.5. The van der Waals surface area contributed by atoms with Crippen LogP contribution in [0.2, 0.25) is 0 Å². The van der Waals surface area contributed by atoms with E-state index in [0.717, 1.165) is 37.0 Å². The maximum absolute atomic E-state index is 11.4. The van der Waals surface area contributed by atoms with Crippen LogP contribution in [-0.2, 0) is 10.0 Å². The highest BCUT2D eigenvalue weighted by Gasteiger charge is 2.21. The topological polar surface area (TPSA) is 79.2 Å². The number of nitrogens with zero attached hydrogens (tertiary/aromatic N) is 1. The summed E-state index contributed by atoms with van der Waals surface area (Å²) in [5.41, 5.74) is 3.28. The summed E-state index contributed by atoms with van der Waals surface area (Å²) in [6.45, 7) is 3.75. The van der Waals surface area contributed by atoms with Crippen molar-refractivity contribution >= 4 is 27.0 Å². The lowest BCUT2D eigenvalue weighted by atomic mass is 9.89. The van der Waals surface area contributed by atoms with E-state index < -0.39 is 10.0 Å². The lowest BCUT2D eigenvalue weighted by Crippen LogP contribution is -2.29. The minimum Gasteiger partial charge on any atom is -0.361 e. The molecule has 1 aliphatic rings. The largest absolute Gasteiger partial charge is 0.361 e. The van der Waals surface area contributed by atoms with Gasteiger partial charge in [-0.05, 0) is 75.2 Å². The first-order valence-electron chi connectivity index (χ1n) is 7.85. The highest BCUT2D eigenvalue weighted by molar-refractivity contribution is 7.93. The lowest BCUT2D eigenvalue weighted by molar-refractivity contribution is 0.256. The van der Waals surface area contributed by atoms with Crippen LogP contribution in [0.5, 0.6) is 0 Å². The minimum atomic E-state index is -3.63. The van der Waals surface area contributed by atoms with Crippen LogP contribution in [0.1, 0.15) is 36.8 Å². The van der Waals surface area contributed by atoms with E-state index in [1.54, 1.807) is 6.08 Å². The van der Waals surface area contributed by atoms with Gasteiger partial charge in [-0.3, -0.25) is 0 Å². The van der Waals surface area contributed by atoms with E-state index in [1.807, 2.05) is 18.2 Å². The fraction of sp³-hybridized carbons (Fsp3) is 0.412. The van der Waals surface area contributed by atoms with Crippen molar-refractivity contribution in [3.8, 4) is 0 Å². The summed E-state index contributed by atoms with van der Waals surface area (Å²) >= 11 is 0. The Kier molecular flexibility index (Phi) is 4.31. The smallest absolute Gasteiger partial charge is 0.233 e. The number of nitrogens with two attached hydrogens (primary N) is 1. The van der Waals surface area contributed by atoms with Crippen LogP contribution in [0.25, 0.3) is 17.0 Å². The Morgan fingerprint density at radius 1 is 1.35 bits per heavy atom. The highest BCUT2D eigenvalue weighted by atomic mass is 32.2. The molecule has 2 heterocycles. The Labute approximate surface area is 137 Å². The van der Waals surface area contributed by atoms with Gasteiger partial charge in [0.05, 0.1) is 4.91 Å². The fourth-order valence-corrected chi connectivity index (χ4v) is 3.52. The molecular formula is C17H23N3O2S. The van der Waals surface area contributed by atoms with Crippen LogP contribution in [0.3, 0.4) is 0 Å². The van der Waals surface area contributed by atoms with Gasteiger partial charge in [-0.15, -0.1) is 0 Å². The second kappa shape index (κ2) is 6.11. The number of piperidine rings is 1. The predicted octanol–water partition coefficient (Wildman–Crippen LogP) is 2.63. The van der Waals surface area contributed by atoms with Gasteiger partial charge in [0.25, 0.3) is 0 Å². The molecule has 2 aromatic rings. The molecule has 1 aromatic carbocycles. The van der Waals surface area contributed by atoms with Crippen LogP contribution in [0, 0.1) is 0 Å². The molecule has 3 rings (SSSR count). The number of hydrogen-bond acceptors (Lipinski definition) is 3. The maximum atomic E-state index is 11.4. The van der Waals surface area contributed by atoms with E-state index >= 15 is 0 Å². The Morgan fingerprint density at radius 3 is 2.70 bits per heavy atom. The minimum absolute atomic E-state index is 0.174. The van der Waals surface area contributed by atoms with E-state index in [9.17, 15) is 8.42 Å². The number of rotatable bonds is 3. The molecule has 0 atom stereocenters. The molecule has 3 N–H and O–H groups in total. The summed E-state index contributed by atoms with van der Waals surface area (Å²) in [5.74, 6) is 0.554. The van der Waals surface area contributed by atoms with Crippen LogP contribution < -0.4 is 5.14 Å².